The van der Waals surface area contributed by atoms with Gasteiger partial charge in [-0.3, -0.25) is 15.0 Å². The second-order valence-corrected chi connectivity index (χ2v) is 5.82. The highest BCUT2D eigenvalue weighted by Crippen LogP contribution is 2.22. The maximum atomic E-state index is 12.1. The number of anilines is 1. The van der Waals surface area contributed by atoms with Crippen LogP contribution in [-0.2, 0) is 9.53 Å². The van der Waals surface area contributed by atoms with Gasteiger partial charge in [0.25, 0.3) is 0 Å². The third-order valence-electron chi connectivity index (χ3n) is 2.91. The number of aryl methyl sites for hydroxylation is 1. The second kappa shape index (κ2) is 6.46. The van der Waals surface area contributed by atoms with E-state index >= 15 is 0 Å². The van der Waals surface area contributed by atoms with Crippen LogP contribution in [-0.4, -0.2) is 52.5 Å². The van der Waals surface area contributed by atoms with Gasteiger partial charge in [0.15, 0.2) is 6.61 Å². The van der Waals surface area contributed by atoms with Crippen molar-refractivity contribution in [3.63, 3.8) is 0 Å². The van der Waals surface area contributed by atoms with Gasteiger partial charge in [-0.1, -0.05) is 11.3 Å². The Bertz CT molecular complexity index is 563. The van der Waals surface area contributed by atoms with Crippen molar-refractivity contribution in [2.24, 2.45) is 0 Å². The van der Waals surface area contributed by atoms with Crippen molar-refractivity contribution in [1.82, 2.24) is 15.1 Å². The summed E-state index contributed by atoms with van der Waals surface area (Å²) in [5.41, 5.74) is 0. The summed E-state index contributed by atoms with van der Waals surface area (Å²) in [4.78, 5) is 24.8. The van der Waals surface area contributed by atoms with E-state index in [1.54, 1.807) is 6.92 Å². The number of hydrogen-bond acceptors (Lipinski definition) is 6. The summed E-state index contributed by atoms with van der Waals surface area (Å²) in [6, 6.07) is -0.870. The number of carbonyl (C=O) groups excluding carboxylic acids is 2. The van der Waals surface area contributed by atoms with Crippen molar-refractivity contribution in [3.05, 3.63) is 5.01 Å². The summed E-state index contributed by atoms with van der Waals surface area (Å²) in [5.74, 6) is -0.516. The molecule has 0 radical (unpaired) electrons. The van der Waals surface area contributed by atoms with Crippen LogP contribution in [0.4, 0.5) is 23.1 Å². The van der Waals surface area contributed by atoms with Crippen molar-refractivity contribution >= 4 is 28.5 Å². The van der Waals surface area contributed by atoms with Gasteiger partial charge in [0, 0.05) is 6.54 Å². The second-order valence-electron chi connectivity index (χ2n) is 4.64. The molecule has 1 aromatic heterocycles. The molecule has 7 nitrogen and oxygen atoms in total. The third kappa shape index (κ3) is 4.29. The highest BCUT2D eigenvalue weighted by Gasteiger charge is 2.37. The zero-order chi connectivity index (χ0) is 16.3. The zero-order valence-electron chi connectivity index (χ0n) is 11.5. The lowest BCUT2D eigenvalue weighted by Crippen LogP contribution is -2.44. The van der Waals surface area contributed by atoms with E-state index < -0.39 is 30.8 Å². The van der Waals surface area contributed by atoms with Gasteiger partial charge in [-0.15, -0.1) is 10.2 Å². The van der Waals surface area contributed by atoms with Crippen LogP contribution in [0.2, 0.25) is 0 Å². The van der Waals surface area contributed by atoms with Crippen molar-refractivity contribution < 1.29 is 27.5 Å². The number of likely N-dealkylation sites (tertiary alicyclic amines) is 1. The molecular weight excluding hydrogens is 325 g/mol. The number of carbonyl (C=O) groups is 2. The molecule has 2 heterocycles. The first kappa shape index (κ1) is 16.5. The Morgan fingerprint density at radius 3 is 2.77 bits per heavy atom. The number of ether oxygens (including phenoxy) is 1. The molecule has 0 bridgehead atoms. The number of halogens is 3. The van der Waals surface area contributed by atoms with Gasteiger partial charge in [0.2, 0.25) is 11.0 Å². The van der Waals surface area contributed by atoms with Crippen LogP contribution >= 0.6 is 11.3 Å². The minimum atomic E-state index is -4.60. The number of amides is 2. The Hall–Kier alpha value is -1.91. The quantitative estimate of drug-likeness (QED) is 0.910. The number of nitrogens with zero attached hydrogens (tertiary/aromatic N) is 3. The molecule has 2 amide bonds. The van der Waals surface area contributed by atoms with E-state index in [0.29, 0.717) is 17.8 Å². The summed E-state index contributed by atoms with van der Waals surface area (Å²) in [6.07, 6.45) is -4.89. The number of aromatic nitrogens is 2. The molecule has 1 saturated heterocycles. The van der Waals surface area contributed by atoms with Gasteiger partial charge in [0.1, 0.15) is 11.0 Å². The molecule has 0 aromatic carbocycles. The average Bonchev–Trinajstić information content (AvgIpc) is 3.04. The average molecular weight is 338 g/mol. The zero-order valence-corrected chi connectivity index (χ0v) is 12.3. The van der Waals surface area contributed by atoms with Crippen LogP contribution in [0, 0.1) is 6.92 Å². The number of rotatable bonds is 3. The summed E-state index contributed by atoms with van der Waals surface area (Å²) in [5, 5.41) is 10.9. The van der Waals surface area contributed by atoms with Crippen molar-refractivity contribution in [2.45, 2.75) is 32.0 Å². The van der Waals surface area contributed by atoms with Gasteiger partial charge in [-0.25, -0.2) is 4.79 Å². The fraction of sp³-hybridized carbons (Fsp3) is 0.636. The number of hydrogen-bond donors (Lipinski definition) is 1. The Kier molecular flexibility index (Phi) is 4.84. The van der Waals surface area contributed by atoms with Gasteiger partial charge in [-0.2, -0.15) is 13.2 Å². The Morgan fingerprint density at radius 1 is 1.45 bits per heavy atom. The summed E-state index contributed by atoms with van der Waals surface area (Å²) in [6.45, 7) is 0.208. The molecule has 2 rings (SSSR count). The highest BCUT2D eigenvalue weighted by molar-refractivity contribution is 7.15. The first-order valence-electron chi connectivity index (χ1n) is 6.37. The number of nitrogens with one attached hydrogen (secondary N) is 1. The third-order valence-corrected chi connectivity index (χ3v) is 3.66. The fourth-order valence-electron chi connectivity index (χ4n) is 2.02. The molecule has 1 aliphatic rings. The van der Waals surface area contributed by atoms with E-state index in [-0.39, 0.29) is 11.7 Å². The lowest BCUT2D eigenvalue weighted by atomic mass is 10.2. The van der Waals surface area contributed by atoms with E-state index in [0.717, 1.165) is 16.2 Å². The lowest BCUT2D eigenvalue weighted by molar-refractivity contribution is -0.162. The minimum absolute atomic E-state index is 0.171. The minimum Gasteiger partial charge on any atom is -0.440 e. The SMILES string of the molecule is Cc1nnc(NC(=O)C2CCCN2C(=O)OCC(F)(F)F)s1. The summed E-state index contributed by atoms with van der Waals surface area (Å²) >= 11 is 1.16. The van der Waals surface area contributed by atoms with Crippen LogP contribution in [0.1, 0.15) is 17.8 Å². The molecule has 22 heavy (non-hydrogen) atoms. The molecule has 0 spiro atoms. The fourth-order valence-corrected chi connectivity index (χ4v) is 2.61. The van der Waals surface area contributed by atoms with Gasteiger partial charge < -0.3 is 4.74 Å². The Labute approximate surface area is 127 Å². The van der Waals surface area contributed by atoms with Crippen LogP contribution in [0.3, 0.4) is 0 Å². The van der Waals surface area contributed by atoms with Crippen molar-refractivity contribution in [2.75, 3.05) is 18.5 Å². The Balaban J connectivity index is 1.94. The van der Waals surface area contributed by atoms with E-state index in [9.17, 15) is 22.8 Å². The van der Waals surface area contributed by atoms with Crippen LogP contribution in [0.25, 0.3) is 0 Å². The molecule has 1 aliphatic heterocycles. The molecule has 122 valence electrons. The first-order valence-corrected chi connectivity index (χ1v) is 7.19. The molecule has 0 aliphatic carbocycles. The monoisotopic (exact) mass is 338 g/mol. The lowest BCUT2D eigenvalue weighted by Gasteiger charge is -2.23. The summed E-state index contributed by atoms with van der Waals surface area (Å²) < 4.78 is 40.4. The van der Waals surface area contributed by atoms with Crippen molar-refractivity contribution in [1.29, 1.82) is 0 Å². The van der Waals surface area contributed by atoms with Gasteiger partial charge in [0.05, 0.1) is 0 Å². The topological polar surface area (TPSA) is 84.4 Å². The predicted octanol–water partition coefficient (Wildman–Crippen LogP) is 1.95. The largest absolute Gasteiger partial charge is 0.440 e. The molecular formula is C11H13F3N4O3S. The molecule has 1 atom stereocenters. The summed E-state index contributed by atoms with van der Waals surface area (Å²) in [7, 11) is 0. The first-order chi connectivity index (χ1) is 10.3. The molecule has 1 N–H and O–H groups in total. The van der Waals surface area contributed by atoms with E-state index in [4.69, 9.17) is 0 Å². The van der Waals surface area contributed by atoms with Crippen molar-refractivity contribution in [3.8, 4) is 0 Å². The van der Waals surface area contributed by atoms with Gasteiger partial charge in [-0.05, 0) is 19.8 Å². The van der Waals surface area contributed by atoms with Gasteiger partial charge >= 0.3 is 12.3 Å². The maximum absolute atomic E-state index is 12.1. The molecule has 0 saturated carbocycles. The van der Waals surface area contributed by atoms with E-state index in [1.165, 1.54) is 0 Å². The van der Waals surface area contributed by atoms with E-state index in [1.807, 2.05) is 0 Å². The van der Waals surface area contributed by atoms with Crippen LogP contribution in [0.15, 0.2) is 0 Å². The maximum Gasteiger partial charge on any atom is 0.422 e. The predicted molar refractivity (Wildman–Crippen MR) is 70.4 cm³/mol. The number of alkyl halides is 3. The Morgan fingerprint density at radius 2 is 2.18 bits per heavy atom. The van der Waals surface area contributed by atoms with E-state index in [2.05, 4.69) is 20.3 Å². The molecule has 1 fully saturated rings. The normalized spacial score (nSPS) is 18.4. The highest BCUT2D eigenvalue weighted by atomic mass is 32.1. The smallest absolute Gasteiger partial charge is 0.422 e. The molecule has 11 heteroatoms. The molecule has 1 unspecified atom stereocenters. The van der Waals surface area contributed by atoms with Crippen LogP contribution < -0.4 is 5.32 Å². The van der Waals surface area contributed by atoms with Crippen LogP contribution in [0.5, 0.6) is 0 Å². The standard InChI is InChI=1S/C11H13F3N4O3S/c1-6-16-17-9(22-6)15-8(19)7-3-2-4-18(7)10(20)21-5-11(12,13)14/h7H,2-5H2,1H3,(H,15,17,19). The molecule has 1 aromatic rings.